The van der Waals surface area contributed by atoms with Crippen molar-refractivity contribution in [2.75, 3.05) is 5.43 Å². The number of anilines is 1. The summed E-state index contributed by atoms with van der Waals surface area (Å²) in [5.41, 5.74) is 1.98. The number of nitrogens with zero attached hydrogens (tertiary/aromatic N) is 2. The third-order valence-corrected chi connectivity index (χ3v) is 1.79. The molecule has 0 unspecified atom stereocenters. The molecule has 108 valence electrons. The third-order valence-electron chi connectivity index (χ3n) is 1.79. The van der Waals surface area contributed by atoms with Crippen molar-refractivity contribution in [3.8, 4) is 5.88 Å². The minimum Gasteiger partial charge on any atom is -0.455 e. The van der Waals surface area contributed by atoms with E-state index >= 15 is 0 Å². The number of halogens is 6. The van der Waals surface area contributed by atoms with Gasteiger partial charge >= 0.3 is 12.4 Å². The number of rotatable bonds is 3. The van der Waals surface area contributed by atoms with Crippen LogP contribution in [0, 0.1) is 6.92 Å². The van der Waals surface area contributed by atoms with Crippen molar-refractivity contribution >= 4 is 5.95 Å². The average molecular weight is 290 g/mol. The number of ether oxygens (including phenoxy) is 1. The minimum atomic E-state index is -5.62. The minimum absolute atomic E-state index is 0.0843. The summed E-state index contributed by atoms with van der Waals surface area (Å²) in [5, 5.41) is 0. The van der Waals surface area contributed by atoms with E-state index in [1.807, 2.05) is 5.43 Å². The standard InChI is InChI=1S/C8H8F6N4O/c1-3-2-4(17-6(16-3)18-15)19-5(7(9,10)11)8(12,13)14/h2,5H,15H2,1H3,(H,16,17,18). The molecule has 3 N–H and O–H groups in total. The van der Waals surface area contributed by atoms with Gasteiger partial charge in [-0.2, -0.15) is 31.3 Å². The first-order valence-electron chi connectivity index (χ1n) is 4.66. The fourth-order valence-electron chi connectivity index (χ4n) is 1.10. The number of nitrogens with one attached hydrogen (secondary N) is 1. The van der Waals surface area contributed by atoms with Crippen molar-refractivity contribution in [1.29, 1.82) is 0 Å². The zero-order chi connectivity index (χ0) is 14.8. The molecule has 11 heteroatoms. The predicted molar refractivity (Wildman–Crippen MR) is 51.1 cm³/mol. The predicted octanol–water partition coefficient (Wildman–Crippen LogP) is 1.94. The average Bonchev–Trinajstić information content (AvgIpc) is 2.22. The summed E-state index contributed by atoms with van der Waals surface area (Å²) in [4.78, 5) is 6.84. The molecule has 19 heavy (non-hydrogen) atoms. The molecule has 5 nitrogen and oxygen atoms in total. The van der Waals surface area contributed by atoms with Gasteiger partial charge < -0.3 is 4.74 Å². The van der Waals surface area contributed by atoms with Crippen LogP contribution >= 0.6 is 0 Å². The lowest BCUT2D eigenvalue weighted by Gasteiger charge is -2.23. The SMILES string of the molecule is Cc1cc(OC(C(F)(F)F)C(F)(F)F)nc(NN)n1. The first kappa shape index (κ1) is 15.3. The summed E-state index contributed by atoms with van der Waals surface area (Å²) < 4.78 is 77.4. The van der Waals surface area contributed by atoms with E-state index in [9.17, 15) is 26.3 Å². The molecule has 0 atom stereocenters. The highest BCUT2D eigenvalue weighted by molar-refractivity contribution is 5.29. The maximum absolute atomic E-state index is 12.3. The number of aromatic nitrogens is 2. The highest BCUT2D eigenvalue weighted by Gasteiger charge is 2.59. The topological polar surface area (TPSA) is 73.1 Å². The van der Waals surface area contributed by atoms with Crippen LogP contribution < -0.4 is 16.0 Å². The van der Waals surface area contributed by atoms with E-state index in [1.165, 1.54) is 6.92 Å². The van der Waals surface area contributed by atoms with Crippen LogP contribution in [0.2, 0.25) is 0 Å². The van der Waals surface area contributed by atoms with Gasteiger partial charge in [0.1, 0.15) is 0 Å². The van der Waals surface area contributed by atoms with E-state index in [2.05, 4.69) is 14.7 Å². The second kappa shape index (κ2) is 5.07. The summed E-state index contributed by atoms with van der Waals surface area (Å²) in [7, 11) is 0. The van der Waals surface area contributed by atoms with E-state index in [4.69, 9.17) is 5.84 Å². The molecule has 0 saturated heterocycles. The summed E-state index contributed by atoms with van der Waals surface area (Å²) in [6.45, 7) is 1.32. The highest BCUT2D eigenvalue weighted by Crippen LogP contribution is 2.36. The molecule has 0 aliphatic rings. The number of alkyl halides is 6. The Bertz CT molecular complexity index is 432. The van der Waals surface area contributed by atoms with Crippen LogP contribution in [-0.4, -0.2) is 28.4 Å². The van der Waals surface area contributed by atoms with Crippen molar-refractivity contribution in [2.45, 2.75) is 25.4 Å². The second-order valence-electron chi connectivity index (χ2n) is 3.40. The number of nitrogens with two attached hydrogens (primary N) is 1. The smallest absolute Gasteiger partial charge is 0.434 e. The van der Waals surface area contributed by atoms with Crippen molar-refractivity contribution in [3.63, 3.8) is 0 Å². The van der Waals surface area contributed by atoms with Crippen LogP contribution in [0.3, 0.4) is 0 Å². The Labute approximate surface area is 102 Å². The Kier molecular flexibility index (Phi) is 4.08. The molecule has 0 radical (unpaired) electrons. The maximum Gasteiger partial charge on any atom is 0.434 e. The number of hydrogen-bond donors (Lipinski definition) is 2. The van der Waals surface area contributed by atoms with Crippen molar-refractivity contribution in [3.05, 3.63) is 11.8 Å². The fourth-order valence-corrected chi connectivity index (χ4v) is 1.10. The highest BCUT2D eigenvalue weighted by atomic mass is 19.4. The molecule has 1 rings (SSSR count). The van der Waals surface area contributed by atoms with Crippen molar-refractivity contribution < 1.29 is 31.1 Å². The van der Waals surface area contributed by atoms with Gasteiger partial charge in [0, 0.05) is 11.8 Å². The zero-order valence-electron chi connectivity index (χ0n) is 9.30. The maximum atomic E-state index is 12.3. The molecule has 0 aromatic carbocycles. The van der Waals surface area contributed by atoms with Gasteiger partial charge in [0.05, 0.1) is 0 Å². The van der Waals surface area contributed by atoms with Gasteiger partial charge in [0.25, 0.3) is 6.10 Å². The molecule has 0 aliphatic heterocycles. The van der Waals surface area contributed by atoms with Crippen molar-refractivity contribution in [1.82, 2.24) is 9.97 Å². The molecule has 0 saturated carbocycles. The van der Waals surface area contributed by atoms with E-state index < -0.39 is 24.3 Å². The molecule has 0 amide bonds. The first-order valence-corrected chi connectivity index (χ1v) is 4.66. The van der Waals surface area contributed by atoms with Crippen LogP contribution in [-0.2, 0) is 0 Å². The van der Waals surface area contributed by atoms with Crippen LogP contribution in [0.5, 0.6) is 5.88 Å². The van der Waals surface area contributed by atoms with Gasteiger partial charge in [0.2, 0.25) is 11.8 Å². The monoisotopic (exact) mass is 290 g/mol. The van der Waals surface area contributed by atoms with Gasteiger partial charge in [-0.05, 0) is 6.92 Å². The van der Waals surface area contributed by atoms with Gasteiger partial charge in [-0.15, -0.1) is 0 Å². The number of nitrogen functional groups attached to an aromatic ring is 1. The lowest BCUT2D eigenvalue weighted by molar-refractivity contribution is -0.300. The molecular weight excluding hydrogens is 282 g/mol. The Hall–Kier alpha value is -1.78. The normalized spacial score (nSPS) is 12.7. The van der Waals surface area contributed by atoms with E-state index in [1.54, 1.807) is 0 Å². The zero-order valence-corrected chi connectivity index (χ0v) is 9.30. The summed E-state index contributed by atoms with van der Waals surface area (Å²) in [6.07, 6.45) is -15.2. The van der Waals surface area contributed by atoms with Gasteiger partial charge in [-0.3, -0.25) is 5.43 Å². The van der Waals surface area contributed by atoms with Crippen LogP contribution in [0.4, 0.5) is 32.3 Å². The van der Waals surface area contributed by atoms with E-state index in [0.717, 1.165) is 6.07 Å². The number of hydrazine groups is 1. The first-order chi connectivity index (χ1) is 8.54. The lowest BCUT2D eigenvalue weighted by atomic mass is 10.3. The largest absolute Gasteiger partial charge is 0.455 e. The van der Waals surface area contributed by atoms with Gasteiger partial charge in [-0.1, -0.05) is 0 Å². The van der Waals surface area contributed by atoms with Gasteiger partial charge in [-0.25, -0.2) is 10.8 Å². The second-order valence-corrected chi connectivity index (χ2v) is 3.40. The fraction of sp³-hybridized carbons (Fsp3) is 0.500. The summed E-state index contributed by atoms with van der Waals surface area (Å²) >= 11 is 0. The molecule has 0 bridgehead atoms. The Morgan fingerprint density at radius 2 is 1.68 bits per heavy atom. The quantitative estimate of drug-likeness (QED) is 0.505. The Balaban J connectivity index is 3.07. The third kappa shape index (κ3) is 4.12. The Morgan fingerprint density at radius 3 is 2.11 bits per heavy atom. The Morgan fingerprint density at radius 1 is 1.16 bits per heavy atom. The molecule has 0 fully saturated rings. The van der Waals surface area contributed by atoms with Crippen LogP contribution in [0.1, 0.15) is 5.69 Å². The van der Waals surface area contributed by atoms with Gasteiger partial charge in [0.15, 0.2) is 0 Å². The molecular formula is C8H8F6N4O. The number of hydrogen-bond acceptors (Lipinski definition) is 5. The summed E-state index contributed by atoms with van der Waals surface area (Å²) in [6, 6.07) is 0.825. The molecule has 0 aliphatic carbocycles. The lowest BCUT2D eigenvalue weighted by Crippen LogP contribution is -2.46. The van der Waals surface area contributed by atoms with Crippen LogP contribution in [0.25, 0.3) is 0 Å². The van der Waals surface area contributed by atoms with E-state index in [-0.39, 0.29) is 11.6 Å². The molecule has 0 spiro atoms. The summed E-state index contributed by atoms with van der Waals surface area (Å²) in [5.74, 6) is 3.66. The molecule has 1 heterocycles. The van der Waals surface area contributed by atoms with E-state index in [0.29, 0.717) is 0 Å². The number of aryl methyl sites for hydroxylation is 1. The van der Waals surface area contributed by atoms with Crippen LogP contribution in [0.15, 0.2) is 6.07 Å². The molecule has 1 aromatic rings. The molecule has 1 aromatic heterocycles. The van der Waals surface area contributed by atoms with Crippen molar-refractivity contribution in [2.24, 2.45) is 5.84 Å².